The lowest BCUT2D eigenvalue weighted by molar-refractivity contribution is 0.214. The fraction of sp³-hybridized carbons (Fsp3) is 0.600. The molecule has 2 fully saturated rings. The van der Waals surface area contributed by atoms with Gasteiger partial charge in [0, 0.05) is 11.5 Å². The average Bonchev–Trinajstić information content (AvgIpc) is 2.76. The molecule has 4 atom stereocenters. The molecule has 0 spiro atoms. The van der Waals surface area contributed by atoms with Gasteiger partial charge in [-0.1, -0.05) is 31.2 Å². The zero-order valence-electron chi connectivity index (χ0n) is 10.1. The molecule has 4 aliphatic rings. The summed E-state index contributed by atoms with van der Waals surface area (Å²) in [6.45, 7) is 2.51. The predicted octanol–water partition coefficient (Wildman–Crippen LogP) is 3.03. The Balaban J connectivity index is 1.98. The van der Waals surface area contributed by atoms with Crippen molar-refractivity contribution in [1.82, 2.24) is 5.32 Å². The Morgan fingerprint density at radius 2 is 1.81 bits per heavy atom. The molecule has 1 heteroatoms. The van der Waals surface area contributed by atoms with E-state index in [1.54, 1.807) is 11.1 Å². The Kier molecular flexibility index (Phi) is 1.46. The second-order valence-electron chi connectivity index (χ2n) is 6.38. The molecular formula is C15H19N. The third-order valence-corrected chi connectivity index (χ3v) is 5.71. The van der Waals surface area contributed by atoms with Crippen LogP contribution < -0.4 is 5.32 Å². The van der Waals surface area contributed by atoms with Gasteiger partial charge in [0.05, 0.1) is 0 Å². The normalized spacial score (nSPS) is 47.4. The standard InChI is InChI=1S/C15H19N/c1-14-7-13-11-6-4-3-5-10(11)12(14)8-15(13,9-14)16-2/h3-6,12-13,16H,7-9H2,1-2H3. The molecule has 0 aromatic heterocycles. The van der Waals surface area contributed by atoms with Crippen molar-refractivity contribution >= 4 is 0 Å². The van der Waals surface area contributed by atoms with Gasteiger partial charge in [-0.2, -0.15) is 0 Å². The van der Waals surface area contributed by atoms with Crippen molar-refractivity contribution in [3.63, 3.8) is 0 Å². The van der Waals surface area contributed by atoms with Gasteiger partial charge in [0.25, 0.3) is 0 Å². The maximum Gasteiger partial charge on any atom is 0.0258 e. The average molecular weight is 213 g/mol. The smallest absolute Gasteiger partial charge is 0.0258 e. The first kappa shape index (κ1) is 9.23. The van der Waals surface area contributed by atoms with Gasteiger partial charge in [-0.05, 0) is 48.8 Å². The van der Waals surface area contributed by atoms with Crippen molar-refractivity contribution < 1.29 is 0 Å². The molecule has 2 saturated carbocycles. The van der Waals surface area contributed by atoms with Crippen molar-refractivity contribution in [1.29, 1.82) is 0 Å². The molecule has 4 unspecified atom stereocenters. The first-order valence-corrected chi connectivity index (χ1v) is 6.46. The van der Waals surface area contributed by atoms with E-state index in [0.29, 0.717) is 11.0 Å². The van der Waals surface area contributed by atoms with Crippen LogP contribution in [0.15, 0.2) is 24.3 Å². The highest BCUT2D eigenvalue weighted by atomic mass is 15.0. The van der Waals surface area contributed by atoms with E-state index in [4.69, 9.17) is 0 Å². The summed E-state index contributed by atoms with van der Waals surface area (Å²) in [5.74, 6) is 1.57. The molecule has 0 radical (unpaired) electrons. The predicted molar refractivity (Wildman–Crippen MR) is 65.7 cm³/mol. The van der Waals surface area contributed by atoms with Crippen LogP contribution in [0.5, 0.6) is 0 Å². The second-order valence-corrected chi connectivity index (χ2v) is 6.38. The largest absolute Gasteiger partial charge is 0.314 e. The molecule has 4 bridgehead atoms. The van der Waals surface area contributed by atoms with Crippen LogP contribution in [-0.2, 0) is 0 Å². The van der Waals surface area contributed by atoms with Gasteiger partial charge >= 0.3 is 0 Å². The van der Waals surface area contributed by atoms with E-state index >= 15 is 0 Å². The summed E-state index contributed by atoms with van der Waals surface area (Å²) in [4.78, 5) is 0. The molecule has 4 aliphatic carbocycles. The van der Waals surface area contributed by atoms with E-state index in [9.17, 15) is 0 Å². The van der Waals surface area contributed by atoms with E-state index in [-0.39, 0.29) is 0 Å². The maximum atomic E-state index is 3.67. The molecule has 0 aliphatic heterocycles. The van der Waals surface area contributed by atoms with E-state index < -0.39 is 0 Å². The van der Waals surface area contributed by atoms with Crippen LogP contribution in [0.1, 0.15) is 49.1 Å². The molecule has 1 N–H and O–H groups in total. The summed E-state index contributed by atoms with van der Waals surface area (Å²) in [5.41, 5.74) is 4.29. The summed E-state index contributed by atoms with van der Waals surface area (Å²) in [5, 5.41) is 3.67. The number of benzene rings is 1. The molecule has 1 aromatic rings. The van der Waals surface area contributed by atoms with Crippen LogP contribution in [0.3, 0.4) is 0 Å². The minimum absolute atomic E-state index is 0.424. The van der Waals surface area contributed by atoms with Gasteiger partial charge in [-0.15, -0.1) is 0 Å². The van der Waals surface area contributed by atoms with Crippen molar-refractivity contribution in [2.75, 3.05) is 7.05 Å². The fourth-order valence-corrected chi connectivity index (χ4v) is 5.07. The summed E-state index contributed by atoms with van der Waals surface area (Å²) in [6, 6.07) is 9.16. The van der Waals surface area contributed by atoms with Crippen molar-refractivity contribution in [2.45, 2.75) is 43.6 Å². The molecule has 0 saturated heterocycles. The first-order valence-electron chi connectivity index (χ1n) is 6.46. The Hall–Kier alpha value is -0.820. The molecule has 1 nitrogen and oxygen atoms in total. The van der Waals surface area contributed by atoms with Crippen LogP contribution >= 0.6 is 0 Å². The van der Waals surface area contributed by atoms with Gasteiger partial charge in [0.15, 0.2) is 0 Å². The van der Waals surface area contributed by atoms with E-state index in [0.717, 1.165) is 11.8 Å². The van der Waals surface area contributed by atoms with Crippen LogP contribution in [0.2, 0.25) is 0 Å². The lowest BCUT2D eigenvalue weighted by atomic mass is 9.60. The lowest BCUT2D eigenvalue weighted by Gasteiger charge is -2.47. The Bertz CT molecular complexity index is 466. The molecule has 1 aromatic carbocycles. The van der Waals surface area contributed by atoms with Crippen LogP contribution in [0.4, 0.5) is 0 Å². The quantitative estimate of drug-likeness (QED) is 0.756. The zero-order valence-corrected chi connectivity index (χ0v) is 10.1. The van der Waals surface area contributed by atoms with Gasteiger partial charge in [0.1, 0.15) is 0 Å². The van der Waals surface area contributed by atoms with E-state index in [1.165, 1.54) is 19.3 Å². The summed E-state index contributed by atoms with van der Waals surface area (Å²) in [7, 11) is 2.16. The zero-order chi connectivity index (χ0) is 11.0. The molecule has 16 heavy (non-hydrogen) atoms. The first-order chi connectivity index (χ1) is 7.69. The topological polar surface area (TPSA) is 12.0 Å². The highest BCUT2D eigenvalue weighted by Crippen LogP contribution is 2.72. The number of likely N-dealkylation sites (N-methyl/N-ethyl adjacent to an activating group) is 1. The Labute approximate surface area is 97.2 Å². The number of nitrogens with one attached hydrogen (secondary N) is 1. The van der Waals surface area contributed by atoms with Gasteiger partial charge in [-0.25, -0.2) is 0 Å². The van der Waals surface area contributed by atoms with Crippen molar-refractivity contribution in [3.8, 4) is 0 Å². The van der Waals surface area contributed by atoms with E-state index in [2.05, 4.69) is 43.6 Å². The molecule has 84 valence electrons. The minimum atomic E-state index is 0.424. The Morgan fingerprint density at radius 3 is 2.50 bits per heavy atom. The third-order valence-electron chi connectivity index (χ3n) is 5.71. The molecule has 0 heterocycles. The van der Waals surface area contributed by atoms with Crippen molar-refractivity contribution in [2.24, 2.45) is 5.41 Å². The van der Waals surface area contributed by atoms with E-state index in [1.807, 2.05) is 0 Å². The van der Waals surface area contributed by atoms with Gasteiger partial charge in [0.2, 0.25) is 0 Å². The number of hydrogen-bond acceptors (Lipinski definition) is 1. The van der Waals surface area contributed by atoms with Crippen molar-refractivity contribution in [3.05, 3.63) is 35.4 Å². The Morgan fingerprint density at radius 1 is 1.12 bits per heavy atom. The summed E-state index contributed by atoms with van der Waals surface area (Å²) < 4.78 is 0. The molecular weight excluding hydrogens is 194 g/mol. The fourth-order valence-electron chi connectivity index (χ4n) is 5.07. The highest BCUT2D eigenvalue weighted by molar-refractivity contribution is 5.48. The summed E-state index contributed by atoms with van der Waals surface area (Å²) in [6.07, 6.45) is 4.14. The number of hydrogen-bond donors (Lipinski definition) is 1. The summed E-state index contributed by atoms with van der Waals surface area (Å²) >= 11 is 0. The molecule has 5 rings (SSSR count). The van der Waals surface area contributed by atoms with Gasteiger partial charge < -0.3 is 5.32 Å². The molecule has 0 amide bonds. The third kappa shape index (κ3) is 0.808. The second kappa shape index (κ2) is 2.53. The van der Waals surface area contributed by atoms with Crippen LogP contribution in [-0.4, -0.2) is 12.6 Å². The monoisotopic (exact) mass is 213 g/mol. The number of rotatable bonds is 1. The minimum Gasteiger partial charge on any atom is -0.314 e. The SMILES string of the molecule is CNC12CC3c4ccccc4C1CC3(C)C2. The lowest BCUT2D eigenvalue weighted by Crippen LogP contribution is -2.47. The maximum absolute atomic E-state index is 3.67. The van der Waals surface area contributed by atoms with Crippen LogP contribution in [0, 0.1) is 5.41 Å². The van der Waals surface area contributed by atoms with Crippen LogP contribution in [0.25, 0.3) is 0 Å². The highest BCUT2D eigenvalue weighted by Gasteiger charge is 2.65. The van der Waals surface area contributed by atoms with Gasteiger partial charge in [-0.3, -0.25) is 0 Å².